The minimum absolute atomic E-state index is 0. The van der Waals surface area contributed by atoms with E-state index >= 15 is 0 Å². The molecule has 6 heteroatoms. The molecule has 1 aromatic heterocycles. The molecule has 4 nitrogen and oxygen atoms in total. The standard InChI is InChI=1S/C20H24FN3O.ClH/c1-15(7-8-16-4-2-6-18(21)12-16)20(25)24-11-10-23-14-19(24)17-5-3-9-22-13-17;/h2-6,9,12-13,15,19,23H,7-8,10-11,14H2,1H3;1H. The molecule has 1 aromatic carbocycles. The highest BCUT2D eigenvalue weighted by atomic mass is 35.5. The lowest BCUT2D eigenvalue weighted by Crippen LogP contribution is -2.50. The van der Waals surface area contributed by atoms with Crippen LogP contribution in [0.25, 0.3) is 0 Å². The molecule has 0 radical (unpaired) electrons. The summed E-state index contributed by atoms with van der Waals surface area (Å²) in [6.45, 7) is 4.21. The summed E-state index contributed by atoms with van der Waals surface area (Å²) in [6.07, 6.45) is 4.99. The summed E-state index contributed by atoms with van der Waals surface area (Å²) in [5.41, 5.74) is 1.99. The Morgan fingerprint density at radius 1 is 1.38 bits per heavy atom. The Kier molecular flexibility index (Phi) is 7.54. The number of aromatic nitrogens is 1. The van der Waals surface area contributed by atoms with Gasteiger partial charge in [0.25, 0.3) is 0 Å². The van der Waals surface area contributed by atoms with Gasteiger partial charge in [0.1, 0.15) is 5.82 Å². The fourth-order valence-corrected chi connectivity index (χ4v) is 3.32. The third-order valence-electron chi connectivity index (χ3n) is 4.77. The molecule has 2 unspecified atom stereocenters. The average Bonchev–Trinajstić information content (AvgIpc) is 2.66. The smallest absolute Gasteiger partial charge is 0.226 e. The van der Waals surface area contributed by atoms with Crippen molar-refractivity contribution in [2.75, 3.05) is 19.6 Å². The molecule has 0 bridgehead atoms. The summed E-state index contributed by atoms with van der Waals surface area (Å²) in [5.74, 6) is -0.164. The van der Waals surface area contributed by atoms with Crippen molar-refractivity contribution in [2.24, 2.45) is 5.92 Å². The van der Waals surface area contributed by atoms with Crippen molar-refractivity contribution in [1.82, 2.24) is 15.2 Å². The first-order valence-electron chi connectivity index (χ1n) is 8.80. The molecule has 2 aromatic rings. The number of halogens is 2. The summed E-state index contributed by atoms with van der Waals surface area (Å²) >= 11 is 0. The van der Waals surface area contributed by atoms with Crippen molar-refractivity contribution in [3.8, 4) is 0 Å². The monoisotopic (exact) mass is 377 g/mol. The molecule has 1 saturated heterocycles. The number of piperazine rings is 1. The number of aryl methyl sites for hydroxylation is 1. The van der Waals surface area contributed by atoms with E-state index in [0.717, 1.165) is 24.2 Å². The second kappa shape index (κ2) is 9.64. The number of carbonyl (C=O) groups is 1. The predicted octanol–water partition coefficient (Wildman–Crippen LogP) is 3.38. The maximum Gasteiger partial charge on any atom is 0.226 e. The Morgan fingerprint density at radius 3 is 2.96 bits per heavy atom. The number of hydrogen-bond acceptors (Lipinski definition) is 3. The van der Waals surface area contributed by atoms with Gasteiger partial charge >= 0.3 is 0 Å². The average molecular weight is 378 g/mol. The van der Waals surface area contributed by atoms with E-state index in [4.69, 9.17) is 0 Å². The van der Waals surface area contributed by atoms with E-state index in [1.807, 2.05) is 36.2 Å². The first kappa shape index (κ1) is 20.3. The molecule has 26 heavy (non-hydrogen) atoms. The van der Waals surface area contributed by atoms with Gasteiger partial charge in [0.05, 0.1) is 6.04 Å². The minimum atomic E-state index is -0.227. The number of benzene rings is 1. The fraction of sp³-hybridized carbons (Fsp3) is 0.400. The number of nitrogens with zero attached hydrogens (tertiary/aromatic N) is 2. The molecule has 0 saturated carbocycles. The number of hydrogen-bond donors (Lipinski definition) is 1. The molecule has 2 atom stereocenters. The Labute approximate surface area is 160 Å². The topological polar surface area (TPSA) is 45.2 Å². The maximum atomic E-state index is 13.3. The molecule has 3 rings (SSSR count). The highest BCUT2D eigenvalue weighted by molar-refractivity contribution is 5.85. The zero-order valence-electron chi connectivity index (χ0n) is 14.9. The van der Waals surface area contributed by atoms with E-state index in [1.165, 1.54) is 6.07 Å². The fourth-order valence-electron chi connectivity index (χ4n) is 3.32. The number of pyridine rings is 1. The Balaban J connectivity index is 0.00000243. The van der Waals surface area contributed by atoms with E-state index < -0.39 is 0 Å². The van der Waals surface area contributed by atoms with Crippen LogP contribution in [0.2, 0.25) is 0 Å². The Bertz CT molecular complexity index is 713. The number of rotatable bonds is 5. The Hall–Kier alpha value is -1.98. The van der Waals surface area contributed by atoms with Crippen molar-refractivity contribution in [2.45, 2.75) is 25.8 Å². The molecule has 0 spiro atoms. The zero-order valence-corrected chi connectivity index (χ0v) is 15.7. The summed E-state index contributed by atoms with van der Waals surface area (Å²) < 4.78 is 13.3. The molecule has 140 valence electrons. The van der Waals surface area contributed by atoms with Gasteiger partial charge < -0.3 is 10.2 Å². The molecule has 1 N–H and O–H groups in total. The van der Waals surface area contributed by atoms with Crippen LogP contribution in [-0.4, -0.2) is 35.4 Å². The first-order valence-corrected chi connectivity index (χ1v) is 8.80. The van der Waals surface area contributed by atoms with Gasteiger partial charge in [-0.15, -0.1) is 12.4 Å². The van der Waals surface area contributed by atoms with Crippen LogP contribution in [0.5, 0.6) is 0 Å². The van der Waals surface area contributed by atoms with Gasteiger partial charge in [-0.3, -0.25) is 9.78 Å². The number of amides is 1. The van der Waals surface area contributed by atoms with E-state index in [0.29, 0.717) is 19.4 Å². The van der Waals surface area contributed by atoms with Gasteiger partial charge in [-0.05, 0) is 42.2 Å². The molecule has 1 aliphatic rings. The third kappa shape index (κ3) is 5.02. The van der Waals surface area contributed by atoms with Crippen LogP contribution < -0.4 is 5.32 Å². The van der Waals surface area contributed by atoms with Crippen molar-refractivity contribution >= 4 is 18.3 Å². The van der Waals surface area contributed by atoms with Gasteiger partial charge in [0, 0.05) is 37.9 Å². The lowest BCUT2D eigenvalue weighted by molar-refractivity contribution is -0.138. The molecule has 2 heterocycles. The second-order valence-electron chi connectivity index (χ2n) is 6.61. The van der Waals surface area contributed by atoms with Crippen molar-refractivity contribution < 1.29 is 9.18 Å². The maximum absolute atomic E-state index is 13.3. The lowest BCUT2D eigenvalue weighted by Gasteiger charge is -2.38. The second-order valence-corrected chi connectivity index (χ2v) is 6.61. The van der Waals surface area contributed by atoms with Crippen LogP contribution in [-0.2, 0) is 11.2 Å². The van der Waals surface area contributed by atoms with Gasteiger partial charge in [-0.1, -0.05) is 25.1 Å². The zero-order chi connectivity index (χ0) is 17.6. The Morgan fingerprint density at radius 2 is 2.23 bits per heavy atom. The normalized spacial score (nSPS) is 18.1. The van der Waals surface area contributed by atoms with Crippen LogP contribution in [0.4, 0.5) is 4.39 Å². The highest BCUT2D eigenvalue weighted by Crippen LogP contribution is 2.24. The van der Waals surface area contributed by atoms with Crippen molar-refractivity contribution in [1.29, 1.82) is 0 Å². The van der Waals surface area contributed by atoms with E-state index in [-0.39, 0.29) is 36.1 Å². The number of nitrogens with one attached hydrogen (secondary N) is 1. The summed E-state index contributed by atoms with van der Waals surface area (Å²) in [7, 11) is 0. The molecule has 1 amide bonds. The lowest BCUT2D eigenvalue weighted by atomic mass is 9.97. The number of carbonyl (C=O) groups excluding carboxylic acids is 1. The largest absolute Gasteiger partial charge is 0.333 e. The predicted molar refractivity (Wildman–Crippen MR) is 103 cm³/mol. The van der Waals surface area contributed by atoms with Crippen molar-refractivity contribution in [3.63, 3.8) is 0 Å². The van der Waals surface area contributed by atoms with Gasteiger partial charge in [-0.25, -0.2) is 4.39 Å². The highest BCUT2D eigenvalue weighted by Gasteiger charge is 2.30. The first-order chi connectivity index (χ1) is 12.1. The van der Waals surface area contributed by atoms with Gasteiger partial charge in [-0.2, -0.15) is 0 Å². The van der Waals surface area contributed by atoms with E-state index in [2.05, 4.69) is 10.3 Å². The molecule has 1 fully saturated rings. The summed E-state index contributed by atoms with van der Waals surface area (Å²) in [4.78, 5) is 19.1. The van der Waals surface area contributed by atoms with Crippen LogP contribution in [0, 0.1) is 11.7 Å². The summed E-state index contributed by atoms with van der Waals surface area (Å²) in [5, 5.41) is 3.36. The summed E-state index contributed by atoms with van der Waals surface area (Å²) in [6, 6.07) is 10.5. The van der Waals surface area contributed by atoms with Crippen molar-refractivity contribution in [3.05, 3.63) is 65.7 Å². The molecule has 0 aliphatic carbocycles. The van der Waals surface area contributed by atoms with Crippen LogP contribution >= 0.6 is 12.4 Å². The van der Waals surface area contributed by atoms with E-state index in [1.54, 1.807) is 18.3 Å². The SMILES string of the molecule is CC(CCc1cccc(F)c1)C(=O)N1CCNCC1c1cccnc1.Cl. The van der Waals surface area contributed by atoms with E-state index in [9.17, 15) is 9.18 Å². The minimum Gasteiger partial charge on any atom is -0.333 e. The third-order valence-corrected chi connectivity index (χ3v) is 4.77. The molecule has 1 aliphatic heterocycles. The molecular formula is C20H25ClFN3O. The molecular weight excluding hydrogens is 353 g/mol. The van der Waals surface area contributed by atoms with Crippen LogP contribution in [0.15, 0.2) is 48.8 Å². The van der Waals surface area contributed by atoms with Gasteiger partial charge in [0.15, 0.2) is 0 Å². The van der Waals surface area contributed by atoms with Crippen LogP contribution in [0.1, 0.15) is 30.5 Å². The van der Waals surface area contributed by atoms with Gasteiger partial charge in [0.2, 0.25) is 5.91 Å². The van der Waals surface area contributed by atoms with Crippen LogP contribution in [0.3, 0.4) is 0 Å². The quantitative estimate of drug-likeness (QED) is 0.868.